The van der Waals surface area contributed by atoms with Crippen molar-refractivity contribution in [2.45, 2.75) is 57.2 Å². The Bertz CT molecular complexity index is 940. The molecule has 1 aliphatic carbocycles. The van der Waals surface area contributed by atoms with Crippen molar-refractivity contribution >= 4 is 11.8 Å². The van der Waals surface area contributed by atoms with Gasteiger partial charge in [0.1, 0.15) is 12.6 Å². The molecule has 0 bridgehead atoms. The van der Waals surface area contributed by atoms with Gasteiger partial charge in [0.25, 0.3) is 0 Å². The predicted molar refractivity (Wildman–Crippen MR) is 123 cm³/mol. The standard InChI is InChI=1S/C26H32N4O2/c31-25-19-29(17-21-5-4-12-27-15-21)26(32)24-18-28(13-14-30(24)25)16-20-8-10-23(11-9-20)22-6-2-1-3-7-22/h4-5,8-12,15,22,24H,1-3,6-7,13-14,16-19H2. The molecule has 2 saturated heterocycles. The highest BCUT2D eigenvalue weighted by Crippen LogP contribution is 2.32. The van der Waals surface area contributed by atoms with E-state index in [-0.39, 0.29) is 24.4 Å². The van der Waals surface area contributed by atoms with Crippen LogP contribution in [-0.4, -0.2) is 63.7 Å². The molecule has 1 unspecified atom stereocenters. The Morgan fingerprint density at radius 2 is 1.72 bits per heavy atom. The van der Waals surface area contributed by atoms with Crippen molar-refractivity contribution in [2.75, 3.05) is 26.2 Å². The number of carbonyl (C=O) groups excluding carboxylic acids is 2. The zero-order valence-corrected chi connectivity index (χ0v) is 18.7. The number of hydrogen-bond acceptors (Lipinski definition) is 4. The van der Waals surface area contributed by atoms with E-state index in [0.29, 0.717) is 19.6 Å². The van der Waals surface area contributed by atoms with E-state index < -0.39 is 0 Å². The number of rotatable bonds is 5. The van der Waals surface area contributed by atoms with Crippen molar-refractivity contribution in [3.05, 3.63) is 65.5 Å². The number of piperazine rings is 2. The van der Waals surface area contributed by atoms with Gasteiger partial charge >= 0.3 is 0 Å². The summed E-state index contributed by atoms with van der Waals surface area (Å²) in [5.41, 5.74) is 3.70. The summed E-state index contributed by atoms with van der Waals surface area (Å²) < 4.78 is 0. The third-order valence-corrected chi connectivity index (χ3v) is 7.27. The highest BCUT2D eigenvalue weighted by atomic mass is 16.2. The molecule has 168 valence electrons. The first kappa shape index (κ1) is 21.1. The molecule has 1 saturated carbocycles. The van der Waals surface area contributed by atoms with Crippen molar-refractivity contribution in [1.29, 1.82) is 0 Å². The maximum atomic E-state index is 13.2. The Hall–Kier alpha value is -2.73. The van der Waals surface area contributed by atoms with E-state index in [0.717, 1.165) is 24.6 Å². The largest absolute Gasteiger partial charge is 0.327 e. The fourth-order valence-corrected chi connectivity index (χ4v) is 5.47. The molecule has 3 heterocycles. The maximum Gasteiger partial charge on any atom is 0.247 e. The van der Waals surface area contributed by atoms with Gasteiger partial charge in [-0.3, -0.25) is 19.5 Å². The van der Waals surface area contributed by atoms with Crippen LogP contribution in [0.3, 0.4) is 0 Å². The third kappa shape index (κ3) is 4.56. The molecule has 3 fully saturated rings. The van der Waals surface area contributed by atoms with Crippen molar-refractivity contribution in [3.63, 3.8) is 0 Å². The van der Waals surface area contributed by atoms with Crippen molar-refractivity contribution in [3.8, 4) is 0 Å². The normalized spacial score (nSPS) is 22.8. The number of amides is 2. The summed E-state index contributed by atoms with van der Waals surface area (Å²) in [5, 5.41) is 0. The van der Waals surface area contributed by atoms with Gasteiger partial charge in [-0.15, -0.1) is 0 Å². The maximum absolute atomic E-state index is 13.2. The summed E-state index contributed by atoms with van der Waals surface area (Å²) in [6.45, 7) is 3.44. The molecule has 0 spiro atoms. The first-order valence-electron chi connectivity index (χ1n) is 12.0. The van der Waals surface area contributed by atoms with E-state index in [2.05, 4.69) is 34.1 Å². The number of nitrogens with zero attached hydrogens (tertiary/aromatic N) is 4. The molecule has 5 rings (SSSR count). The van der Waals surface area contributed by atoms with Crippen LogP contribution in [0.15, 0.2) is 48.8 Å². The highest BCUT2D eigenvalue weighted by molar-refractivity contribution is 5.95. The molecular weight excluding hydrogens is 400 g/mol. The molecule has 1 atom stereocenters. The Morgan fingerprint density at radius 1 is 0.906 bits per heavy atom. The minimum absolute atomic E-state index is 0.0470. The number of benzene rings is 1. The zero-order valence-electron chi connectivity index (χ0n) is 18.7. The first-order chi connectivity index (χ1) is 15.7. The quantitative estimate of drug-likeness (QED) is 0.728. The van der Waals surface area contributed by atoms with Crippen LogP contribution in [0.25, 0.3) is 0 Å². The van der Waals surface area contributed by atoms with E-state index in [1.165, 1.54) is 43.2 Å². The molecule has 2 aliphatic heterocycles. The lowest BCUT2D eigenvalue weighted by Gasteiger charge is -2.46. The molecule has 6 nitrogen and oxygen atoms in total. The first-order valence-corrected chi connectivity index (χ1v) is 12.0. The van der Waals surface area contributed by atoms with E-state index in [9.17, 15) is 9.59 Å². The molecule has 32 heavy (non-hydrogen) atoms. The van der Waals surface area contributed by atoms with E-state index in [4.69, 9.17) is 0 Å². The van der Waals surface area contributed by atoms with Crippen LogP contribution in [0.1, 0.15) is 54.7 Å². The number of pyridine rings is 1. The van der Waals surface area contributed by atoms with Crippen LogP contribution in [0.2, 0.25) is 0 Å². The van der Waals surface area contributed by atoms with Crippen LogP contribution in [0.4, 0.5) is 0 Å². The molecule has 6 heteroatoms. The highest BCUT2D eigenvalue weighted by Gasteiger charge is 2.42. The molecule has 0 N–H and O–H groups in total. The number of hydrogen-bond donors (Lipinski definition) is 0. The molecule has 0 radical (unpaired) electrons. The zero-order chi connectivity index (χ0) is 21.9. The number of fused-ring (bicyclic) bond motifs is 1. The van der Waals surface area contributed by atoms with Gasteiger partial charge < -0.3 is 9.80 Å². The summed E-state index contributed by atoms with van der Waals surface area (Å²) in [6.07, 6.45) is 10.2. The van der Waals surface area contributed by atoms with Crippen LogP contribution in [0.5, 0.6) is 0 Å². The lowest BCUT2D eigenvalue weighted by molar-refractivity contribution is -0.160. The molecular formula is C26H32N4O2. The summed E-state index contributed by atoms with van der Waals surface area (Å²) in [4.78, 5) is 35.8. The van der Waals surface area contributed by atoms with Gasteiger partial charge in [-0.25, -0.2) is 0 Å². The van der Waals surface area contributed by atoms with Gasteiger partial charge in [0, 0.05) is 45.1 Å². The van der Waals surface area contributed by atoms with Crippen LogP contribution in [-0.2, 0) is 22.7 Å². The topological polar surface area (TPSA) is 56.8 Å². The lowest BCUT2D eigenvalue weighted by atomic mass is 9.84. The fraction of sp³-hybridized carbons (Fsp3) is 0.500. The Morgan fingerprint density at radius 3 is 2.47 bits per heavy atom. The van der Waals surface area contributed by atoms with E-state index in [1.807, 2.05) is 12.1 Å². The summed E-state index contributed by atoms with van der Waals surface area (Å²) in [6, 6.07) is 12.5. The van der Waals surface area contributed by atoms with Crippen molar-refractivity contribution in [2.24, 2.45) is 0 Å². The molecule has 1 aromatic heterocycles. The van der Waals surface area contributed by atoms with Gasteiger partial charge in [-0.1, -0.05) is 49.6 Å². The SMILES string of the molecule is O=C1C2CN(Cc3ccc(C4CCCCC4)cc3)CCN2C(=O)CN1Cc1cccnc1. The monoisotopic (exact) mass is 432 g/mol. The van der Waals surface area contributed by atoms with E-state index in [1.54, 1.807) is 22.2 Å². The summed E-state index contributed by atoms with van der Waals surface area (Å²) in [7, 11) is 0. The van der Waals surface area contributed by atoms with Crippen molar-refractivity contribution < 1.29 is 9.59 Å². The number of carbonyl (C=O) groups is 2. The Kier molecular flexibility index (Phi) is 6.21. The third-order valence-electron chi connectivity index (χ3n) is 7.27. The van der Waals surface area contributed by atoms with Gasteiger partial charge in [0.2, 0.25) is 11.8 Å². The smallest absolute Gasteiger partial charge is 0.247 e. The Labute approximate surface area is 190 Å². The lowest BCUT2D eigenvalue weighted by Crippen LogP contribution is -2.66. The molecule has 3 aliphatic rings. The summed E-state index contributed by atoms with van der Waals surface area (Å²) in [5.74, 6) is 0.818. The van der Waals surface area contributed by atoms with E-state index >= 15 is 0 Å². The number of aromatic nitrogens is 1. The van der Waals surface area contributed by atoms with Gasteiger partial charge in [-0.2, -0.15) is 0 Å². The average molecular weight is 433 g/mol. The Balaban J connectivity index is 1.22. The minimum Gasteiger partial charge on any atom is -0.327 e. The second-order valence-electron chi connectivity index (χ2n) is 9.47. The predicted octanol–water partition coefficient (Wildman–Crippen LogP) is 3.18. The second-order valence-corrected chi connectivity index (χ2v) is 9.47. The molecule has 2 amide bonds. The van der Waals surface area contributed by atoms with Gasteiger partial charge in [-0.05, 0) is 41.5 Å². The minimum atomic E-state index is -0.386. The molecule has 1 aromatic carbocycles. The molecule has 2 aromatic rings. The van der Waals surface area contributed by atoms with Gasteiger partial charge in [0.15, 0.2) is 0 Å². The van der Waals surface area contributed by atoms with Crippen LogP contribution in [0, 0.1) is 0 Å². The van der Waals surface area contributed by atoms with Crippen LogP contribution < -0.4 is 0 Å². The second kappa shape index (κ2) is 9.41. The van der Waals surface area contributed by atoms with Crippen molar-refractivity contribution in [1.82, 2.24) is 19.7 Å². The van der Waals surface area contributed by atoms with Crippen LogP contribution >= 0.6 is 0 Å². The average Bonchev–Trinajstić information content (AvgIpc) is 2.84. The van der Waals surface area contributed by atoms with Gasteiger partial charge in [0.05, 0.1) is 0 Å². The summed E-state index contributed by atoms with van der Waals surface area (Å²) >= 11 is 0. The fourth-order valence-electron chi connectivity index (χ4n) is 5.47.